The largest absolute Gasteiger partial charge is 0.472 e. The maximum Gasteiger partial charge on any atom is 0.472 e. The molecule has 16 N–H and O–H groups in total. The molecule has 124 heavy (non-hydrogen) atoms. The number of carbonyl (C=O) groups excluding carboxylic acids is 1. The molecule has 8 aromatic heterocycles. The average molecular weight is 1860 g/mol. The van der Waals surface area contributed by atoms with Gasteiger partial charge in [-0.25, -0.2) is 49.0 Å². The Kier molecular flexibility index (Phi) is 25.7. The van der Waals surface area contributed by atoms with Crippen LogP contribution < -0.4 is 39.4 Å². The van der Waals surface area contributed by atoms with Crippen molar-refractivity contribution in [1.82, 2.24) is 88.3 Å². The smallest absolute Gasteiger partial charge is 0.387 e. The molecule has 8 aliphatic rings. The highest BCUT2D eigenvalue weighted by Crippen LogP contribution is 2.63. The van der Waals surface area contributed by atoms with Crippen LogP contribution in [0.25, 0.3) is 44.7 Å². The molecule has 7 saturated heterocycles. The van der Waals surface area contributed by atoms with Crippen LogP contribution in [0.15, 0.2) is 71.7 Å². The van der Waals surface area contributed by atoms with Crippen molar-refractivity contribution < 1.29 is 136 Å². The summed E-state index contributed by atoms with van der Waals surface area (Å²) in [5.41, 5.74) is 19.5. The molecule has 676 valence electrons. The van der Waals surface area contributed by atoms with E-state index in [1.807, 2.05) is 0 Å². The summed E-state index contributed by atoms with van der Waals surface area (Å²) in [6, 6.07) is 0. The van der Waals surface area contributed by atoms with Gasteiger partial charge in [0.25, 0.3) is 17.0 Å². The molecule has 16 heterocycles. The fraction of sp³-hybridized carbons (Fsp3) is 0.615. The van der Waals surface area contributed by atoms with Crippen molar-refractivity contribution in [2.75, 3.05) is 110 Å². The minimum atomic E-state index is -5.75. The van der Waals surface area contributed by atoms with E-state index in [1.165, 1.54) is 76.6 Å². The summed E-state index contributed by atoms with van der Waals surface area (Å²) in [6.07, 6.45) is -19.3. The average Bonchev–Trinajstić information content (AvgIpc) is 1.55. The Labute approximate surface area is 709 Å². The number of aromatic amines is 2. The number of aromatic nitrogens is 16. The summed E-state index contributed by atoms with van der Waals surface area (Å²) in [4.78, 5) is 137. The summed E-state index contributed by atoms with van der Waals surface area (Å²) in [5.74, 6) is -1.02. The number of nitrogens with one attached hydrogen (secondary N) is 3. The number of ether oxygens (including phenoxy) is 13. The first-order chi connectivity index (χ1) is 59.1. The van der Waals surface area contributed by atoms with Gasteiger partial charge < -0.3 is 128 Å². The van der Waals surface area contributed by atoms with Crippen LogP contribution in [-0.2, 0) is 135 Å². The number of nitrogens with zero attached hydrogens (tertiary/aromatic N) is 15. The van der Waals surface area contributed by atoms with Gasteiger partial charge in [-0.1, -0.05) is 13.5 Å². The van der Waals surface area contributed by atoms with Gasteiger partial charge >= 0.3 is 29.1 Å². The summed E-state index contributed by atoms with van der Waals surface area (Å²) in [6.45, 7) is -3.45. The van der Waals surface area contributed by atoms with Gasteiger partial charge in [0.1, 0.15) is 120 Å². The lowest BCUT2D eigenvalue weighted by Gasteiger charge is -2.37. The molecule has 8 aromatic rings. The van der Waals surface area contributed by atoms with Crippen molar-refractivity contribution in [1.29, 1.82) is 0 Å². The third-order valence-corrected chi connectivity index (χ3v) is 27.1. The van der Waals surface area contributed by atoms with Crippen LogP contribution in [0.5, 0.6) is 0 Å². The number of carbonyl (C=O) groups is 1. The van der Waals surface area contributed by atoms with Crippen LogP contribution in [0.4, 0.5) is 23.5 Å². The number of aliphatic hydroxyl groups is 1. The monoisotopic (exact) mass is 1860 g/mol. The zero-order valence-corrected chi connectivity index (χ0v) is 71.8. The molecule has 0 aliphatic carbocycles. The van der Waals surface area contributed by atoms with Crippen molar-refractivity contribution in [2.45, 2.75) is 168 Å². The molecule has 9 unspecified atom stereocenters. The van der Waals surface area contributed by atoms with E-state index in [4.69, 9.17) is 144 Å². The molecule has 0 spiro atoms. The Morgan fingerprint density at radius 1 is 0.524 bits per heavy atom. The number of rotatable bonds is 38. The van der Waals surface area contributed by atoms with E-state index in [9.17, 15) is 43.6 Å². The molecule has 0 saturated carbocycles. The number of methoxy groups -OCH3 is 3. The molecule has 1 amide bonds. The van der Waals surface area contributed by atoms with E-state index in [0.717, 1.165) is 19.0 Å². The maximum atomic E-state index is 15.3. The van der Waals surface area contributed by atoms with Crippen LogP contribution in [0.2, 0.25) is 0 Å². The minimum absolute atomic E-state index is 0.0212. The third-order valence-electron chi connectivity index (χ3n) is 22.1. The predicted molar refractivity (Wildman–Crippen MR) is 425 cm³/mol. The van der Waals surface area contributed by atoms with E-state index < -0.39 is 206 Å². The summed E-state index contributed by atoms with van der Waals surface area (Å²) >= 11 is 11.6. The molecule has 8 aliphatic heterocycles. The van der Waals surface area contributed by atoms with E-state index in [-0.39, 0.29) is 126 Å². The molecule has 59 heteroatoms. The van der Waals surface area contributed by atoms with Crippen molar-refractivity contribution in [2.24, 2.45) is 0 Å². The predicted octanol–water partition coefficient (Wildman–Crippen LogP) is -1.20. The van der Waals surface area contributed by atoms with E-state index >= 15 is 4.57 Å². The van der Waals surface area contributed by atoms with Crippen molar-refractivity contribution in [3.05, 3.63) is 82.8 Å². The van der Waals surface area contributed by atoms with E-state index in [1.54, 1.807) is 20.8 Å². The minimum Gasteiger partial charge on any atom is -0.387 e. The van der Waals surface area contributed by atoms with Gasteiger partial charge in [0.15, 0.2) is 76.4 Å². The quantitative estimate of drug-likeness (QED) is 0.0160. The number of hydrogen-bond acceptors (Lipinski definition) is 44. The number of imidazole rings is 4. The van der Waals surface area contributed by atoms with Crippen LogP contribution in [-0.4, -0.2) is 310 Å². The van der Waals surface area contributed by atoms with Gasteiger partial charge in [0, 0.05) is 33.1 Å². The zero-order chi connectivity index (χ0) is 88.0. The number of hydrogen-bond donors (Lipinski definition) is 12. The lowest BCUT2D eigenvalue weighted by Crippen LogP contribution is -2.50. The molecular formula is C65H88N22O31P4S2. The Bertz CT molecular complexity index is 5700. The van der Waals surface area contributed by atoms with Crippen LogP contribution in [0.3, 0.4) is 0 Å². The summed E-state index contributed by atoms with van der Waals surface area (Å²) in [5, 5.41) is 14.5. The first-order valence-electron chi connectivity index (χ1n) is 38.1. The zero-order valence-electron chi connectivity index (χ0n) is 66.5. The van der Waals surface area contributed by atoms with Crippen LogP contribution in [0, 0.1) is 0 Å². The van der Waals surface area contributed by atoms with Crippen molar-refractivity contribution >= 4 is 127 Å². The molecule has 7 fully saturated rings. The number of phosphoric acid groups is 2. The number of H-pyrrole nitrogens is 2. The maximum absolute atomic E-state index is 15.3. The Hall–Kier alpha value is -7.53. The van der Waals surface area contributed by atoms with Gasteiger partial charge in [-0.05, 0) is 50.8 Å². The van der Waals surface area contributed by atoms with E-state index in [0.29, 0.717) is 0 Å². The number of amides is 1. The number of nitrogen functional groups attached to an aromatic ring is 4. The van der Waals surface area contributed by atoms with Gasteiger partial charge in [-0.2, -0.15) is 9.97 Å². The third kappa shape index (κ3) is 17.1. The Morgan fingerprint density at radius 3 is 1.44 bits per heavy atom. The summed E-state index contributed by atoms with van der Waals surface area (Å²) < 4.78 is 165. The number of fused-ring (bicyclic) bond motifs is 8. The highest BCUT2D eigenvalue weighted by atomic mass is 32.5. The first kappa shape index (κ1) is 89.8. The van der Waals surface area contributed by atoms with Crippen molar-refractivity contribution in [3.8, 4) is 0 Å². The van der Waals surface area contributed by atoms with Gasteiger partial charge in [-0.3, -0.25) is 69.8 Å². The summed E-state index contributed by atoms with van der Waals surface area (Å²) in [7, 11) is -6.95. The molecule has 0 aromatic carbocycles. The standard InChI is InChI=1S/C65H88N22O31P4S2/c1-9-64-28(3)108-44(60(113-64)85-24-75-35-49(67)71-22-73-51(35)85)46(64)117-120(94,95)107-20-65-29(4)109-45(61(114-65)87-26-77-37-53(87)80-63(69)82-56(37)91)47(65)118-119(92,93)104-18-32-39(43(103-15-12-100-8)59(111-32)86-25-76-36-52(86)79-62(68)81-55(36)90)115-122(97,124)106-19-33-40(42(102-14-11-99-7)58(112-33)84-23-74-34-48(66)70-21-72-50(34)84)116-121(96,123)105-17-31-38(88)41(101-13-10-98-6)57(110-31)83-16-27(2)54(89)78-30(83)5/h16,21-26,28-29,31-33,38-47,57-61,88H,5,9-15,17-20H2,1-4,6-8H3,(H,78,89)(H,92,93)(H,94,95)(H,96,123)(H,97,124)(H2,66,70,72)(H2,67,71,73)(H3,68,79,81,90)(H3,69,80,82,91)/t28-,29-,31+,32+,33+,38?,39?,40?,41-,42-,43-,44-,45-,46?,47?,57+,58+,59+,60+,61+,64-,65-,121?,122?/m0/s1. The molecule has 4 bridgehead atoms. The molecule has 16 rings (SSSR count). The van der Waals surface area contributed by atoms with Gasteiger partial charge in [-0.15, -0.1) is 0 Å². The van der Waals surface area contributed by atoms with Gasteiger partial charge in [0.2, 0.25) is 11.9 Å². The molecule has 26 atom stereocenters. The lowest BCUT2D eigenvalue weighted by molar-refractivity contribution is -0.215. The van der Waals surface area contributed by atoms with Crippen LogP contribution >= 0.6 is 29.1 Å². The molecule has 0 radical (unpaired) electrons. The number of anilines is 4. The topological polar surface area (TPSA) is 680 Å². The number of aliphatic hydroxyl groups excluding tert-OH is 1. The highest BCUT2D eigenvalue weighted by molar-refractivity contribution is 8.07. The van der Waals surface area contributed by atoms with E-state index in [2.05, 4.69) is 71.7 Å². The highest BCUT2D eigenvalue weighted by Gasteiger charge is 2.71. The number of nitrogens with two attached hydrogens (primary N) is 4. The lowest BCUT2D eigenvalue weighted by atomic mass is 9.91. The van der Waals surface area contributed by atoms with Gasteiger partial charge in [0.05, 0.1) is 104 Å². The fourth-order valence-electron chi connectivity index (χ4n) is 16.2. The normalized spacial score (nSPS) is 33.1. The second kappa shape index (κ2) is 35.5. The second-order valence-electron chi connectivity index (χ2n) is 29.5. The molecule has 53 nitrogen and oxygen atoms in total. The first-order valence-corrected chi connectivity index (χ1v) is 46.3. The second-order valence-corrected chi connectivity index (χ2v) is 37.9. The van der Waals surface area contributed by atoms with Crippen LogP contribution in [0.1, 0.15) is 59.0 Å². The Morgan fingerprint density at radius 2 is 0.944 bits per heavy atom. The fourth-order valence-corrected chi connectivity index (χ4v) is 21.1. The SMILES string of the molecule is C=C1NC(=O)C(C)=CN1[C@@H]1O[C@H](COP(O)(=S)OC2[C@@H](COP(O)(=S)OC3[C@@H](COP(=O)(O)OC4[C@@H]5O[C@@H](C)[C@]4(COP(=O)(O)OC4[C@@H]6O[C@@H](C)[C@]4(CC)O[C@H]6n4cnc6c(N)ncnc64)O[C@H]5n4cnc5c(=O)[nH]c(N)nc54)O[C@@H](n4cnc5c(=O)[nH]c(N)nc54)[C@H]3OCCOC)O[C@@H](n3cnc4c(N)ncnc43)[C@H]2OCCOC)C(O)[C@@H]1OCCOC. The Balaban J connectivity index is 0.689. The molecular weight excluding hydrogens is 1770 g/mol. The number of phosphoric ester groups is 2. The van der Waals surface area contributed by atoms with Crippen molar-refractivity contribution in [3.63, 3.8) is 0 Å².